The summed E-state index contributed by atoms with van der Waals surface area (Å²) in [6, 6.07) is 22.8. The second-order valence-electron chi connectivity index (χ2n) is 11.8. The number of alkyl halides is 3. The van der Waals surface area contributed by atoms with E-state index in [1.807, 2.05) is 84.9 Å². The fourth-order valence-corrected chi connectivity index (χ4v) is 7.59. The van der Waals surface area contributed by atoms with Crippen LogP contribution in [-0.4, -0.2) is 59.5 Å². The molecule has 1 amide bonds. The number of methoxy groups -OCH3 is 2. The van der Waals surface area contributed by atoms with E-state index in [9.17, 15) is 18.0 Å². The molecule has 250 valence electrons. The lowest BCUT2D eigenvalue weighted by molar-refractivity contribution is -0.141. The number of halogens is 3. The summed E-state index contributed by atoms with van der Waals surface area (Å²) in [6.07, 6.45) is 4.81. The zero-order valence-electron chi connectivity index (χ0n) is 26.8. The molecule has 4 aromatic rings. The molecular weight excluding hydrogens is 637 g/mol. The van der Waals surface area contributed by atoms with Crippen molar-refractivity contribution in [2.24, 2.45) is 0 Å². The molecule has 1 atom stereocenters. The highest BCUT2D eigenvalue weighted by molar-refractivity contribution is 7.99. The van der Waals surface area contributed by atoms with E-state index >= 15 is 0 Å². The zero-order chi connectivity index (χ0) is 33.7. The normalized spacial score (nSPS) is 16.3. The van der Waals surface area contributed by atoms with Crippen LogP contribution >= 0.6 is 11.8 Å². The average Bonchev–Trinajstić information content (AvgIpc) is 3.66. The molecule has 0 fully saturated rings. The molecule has 1 unspecified atom stereocenters. The number of benzene rings is 3. The monoisotopic (exact) mass is 674 g/mol. The van der Waals surface area contributed by atoms with Crippen LogP contribution in [0.2, 0.25) is 0 Å². The van der Waals surface area contributed by atoms with Gasteiger partial charge in [0.25, 0.3) is 0 Å². The van der Waals surface area contributed by atoms with Crippen molar-refractivity contribution < 1.29 is 27.4 Å². The second-order valence-corrected chi connectivity index (χ2v) is 12.9. The van der Waals surface area contributed by atoms with Crippen molar-refractivity contribution >= 4 is 23.4 Å². The molecule has 1 aromatic heterocycles. The quantitative estimate of drug-likeness (QED) is 0.114. The maximum absolute atomic E-state index is 13.8. The van der Waals surface area contributed by atoms with Gasteiger partial charge in [0.15, 0.2) is 11.0 Å². The summed E-state index contributed by atoms with van der Waals surface area (Å²) >= 11 is 1.60. The highest BCUT2D eigenvalue weighted by Gasteiger charge is 2.49. The Morgan fingerprint density at radius 3 is 2.29 bits per heavy atom. The van der Waals surface area contributed by atoms with Crippen LogP contribution in [0.5, 0.6) is 5.75 Å². The molecule has 1 heterocycles. The number of rotatable bonds is 13. The van der Waals surface area contributed by atoms with E-state index in [0.717, 1.165) is 68.8 Å². The number of ether oxygens (including phenoxy) is 2. The number of hydrogen-bond acceptors (Lipinski definition) is 6. The predicted molar refractivity (Wildman–Crippen MR) is 182 cm³/mol. The van der Waals surface area contributed by atoms with Crippen molar-refractivity contribution in [2.75, 3.05) is 26.5 Å². The van der Waals surface area contributed by atoms with Crippen LogP contribution in [0.3, 0.4) is 0 Å². The highest BCUT2D eigenvalue weighted by Crippen LogP contribution is 2.51. The highest BCUT2D eigenvalue weighted by atomic mass is 32.2. The van der Waals surface area contributed by atoms with Crippen LogP contribution in [0.25, 0.3) is 28.2 Å². The van der Waals surface area contributed by atoms with Gasteiger partial charge < -0.3 is 14.8 Å². The minimum absolute atomic E-state index is 0.0551. The lowest BCUT2D eigenvalue weighted by atomic mass is 9.73. The first-order chi connectivity index (χ1) is 23.2. The van der Waals surface area contributed by atoms with Crippen molar-refractivity contribution in [2.45, 2.75) is 55.0 Å². The standard InChI is InChI=1S/C37H37F3N4O3S/c1-46-27-19-17-25(18-20-27)33-42-43-35(44(33)26-11-10-12-28(23-26)47-2)48-22-9-3-8-21-36(34(45)41-24-37(38,39)40)31-15-6-4-13-29(31)30-14-5-7-16-32(30)36/h4-7,10-20,28H,3,8-9,21-24H2,1-2H3,(H,41,45). The van der Waals surface area contributed by atoms with Gasteiger partial charge in [-0.2, -0.15) is 13.2 Å². The molecule has 6 rings (SSSR count). The minimum Gasteiger partial charge on any atom is -0.497 e. The topological polar surface area (TPSA) is 78.3 Å². The Hall–Kier alpha value is -4.35. The van der Waals surface area contributed by atoms with Gasteiger partial charge in [0.1, 0.15) is 17.7 Å². The number of amides is 1. The van der Waals surface area contributed by atoms with Crippen LogP contribution in [0, 0.1) is 0 Å². The van der Waals surface area contributed by atoms with Crippen LogP contribution in [0.4, 0.5) is 13.2 Å². The second kappa shape index (κ2) is 14.4. The summed E-state index contributed by atoms with van der Waals surface area (Å²) in [5, 5.41) is 12.1. The molecule has 0 spiro atoms. The third-order valence-corrected chi connectivity index (χ3v) is 9.94. The Morgan fingerprint density at radius 1 is 0.958 bits per heavy atom. The Bertz CT molecular complexity index is 1770. The van der Waals surface area contributed by atoms with E-state index < -0.39 is 24.0 Å². The smallest absolute Gasteiger partial charge is 0.405 e. The van der Waals surface area contributed by atoms with Crippen molar-refractivity contribution in [1.82, 2.24) is 20.1 Å². The van der Waals surface area contributed by atoms with E-state index in [1.54, 1.807) is 26.0 Å². The van der Waals surface area contributed by atoms with Gasteiger partial charge in [0.2, 0.25) is 5.91 Å². The molecule has 3 aromatic carbocycles. The maximum Gasteiger partial charge on any atom is 0.405 e. The van der Waals surface area contributed by atoms with E-state index in [2.05, 4.69) is 26.2 Å². The number of nitrogens with one attached hydrogen (secondary N) is 1. The van der Waals surface area contributed by atoms with Crippen molar-refractivity contribution in [3.63, 3.8) is 0 Å². The summed E-state index contributed by atoms with van der Waals surface area (Å²) in [4.78, 5) is 13.8. The van der Waals surface area contributed by atoms with Crippen molar-refractivity contribution in [3.05, 3.63) is 102 Å². The van der Waals surface area contributed by atoms with Gasteiger partial charge >= 0.3 is 6.18 Å². The third kappa shape index (κ3) is 6.79. The van der Waals surface area contributed by atoms with Crippen LogP contribution in [-0.2, 0) is 14.9 Å². The summed E-state index contributed by atoms with van der Waals surface area (Å²) in [6.45, 7) is -1.37. The van der Waals surface area contributed by atoms with Gasteiger partial charge in [0, 0.05) is 30.5 Å². The molecule has 48 heavy (non-hydrogen) atoms. The van der Waals surface area contributed by atoms with Gasteiger partial charge in [0.05, 0.1) is 13.2 Å². The largest absolute Gasteiger partial charge is 0.497 e. The number of carbonyl (C=O) groups excluding carboxylic acids is 1. The van der Waals surface area contributed by atoms with E-state index in [0.29, 0.717) is 19.3 Å². The number of nitrogens with zero attached hydrogens (tertiary/aromatic N) is 3. The number of hydrogen-bond donors (Lipinski definition) is 1. The number of unbranched alkanes of at least 4 members (excludes halogenated alkanes) is 2. The number of fused-ring (bicyclic) bond motifs is 3. The number of thioether (sulfide) groups is 1. The van der Waals surface area contributed by atoms with Crippen LogP contribution in [0.1, 0.15) is 43.2 Å². The molecule has 0 radical (unpaired) electrons. The summed E-state index contributed by atoms with van der Waals surface area (Å²) in [5.74, 6) is 1.61. The molecule has 0 saturated carbocycles. The Labute approximate surface area is 282 Å². The fraction of sp³-hybridized carbons (Fsp3) is 0.324. The molecule has 0 saturated heterocycles. The Kier molecular flexibility index (Phi) is 10.1. The minimum atomic E-state index is -4.51. The molecule has 2 aliphatic rings. The number of aromatic nitrogens is 3. The van der Waals surface area contributed by atoms with Gasteiger partial charge in [-0.25, -0.2) is 0 Å². The van der Waals surface area contributed by atoms with E-state index in [4.69, 9.17) is 9.47 Å². The molecule has 0 aliphatic heterocycles. The SMILES string of the molecule is COc1ccc(-c2nnc(SCCCCCC3(C(=O)NCC(F)(F)F)c4ccccc4-c4ccccc43)n2C2=CC=CC(OC)C2)cc1. The fourth-order valence-electron chi connectivity index (χ4n) is 6.63. The van der Waals surface area contributed by atoms with Crippen molar-refractivity contribution in [1.29, 1.82) is 0 Å². The molecule has 7 nitrogen and oxygen atoms in total. The molecular formula is C37H37F3N4O3S. The lowest BCUT2D eigenvalue weighted by Crippen LogP contribution is -2.47. The van der Waals surface area contributed by atoms with Crippen molar-refractivity contribution in [3.8, 4) is 28.3 Å². The van der Waals surface area contributed by atoms with E-state index in [-0.39, 0.29) is 6.10 Å². The summed E-state index contributed by atoms with van der Waals surface area (Å²) in [7, 11) is 3.32. The van der Waals surface area contributed by atoms with E-state index in [1.165, 1.54) is 0 Å². The number of allylic oxidation sites excluding steroid dienone is 2. The maximum atomic E-state index is 13.8. The van der Waals surface area contributed by atoms with Gasteiger partial charge in [-0.1, -0.05) is 85.3 Å². The predicted octanol–water partition coefficient (Wildman–Crippen LogP) is 8.07. The Balaban J connectivity index is 1.18. The van der Waals surface area contributed by atoms with Crippen LogP contribution < -0.4 is 10.1 Å². The first-order valence-corrected chi connectivity index (χ1v) is 16.9. The molecule has 0 bridgehead atoms. The zero-order valence-corrected chi connectivity index (χ0v) is 27.6. The van der Waals surface area contributed by atoms with Gasteiger partial charge in [-0.05, 0) is 65.4 Å². The Morgan fingerprint density at radius 2 is 1.65 bits per heavy atom. The first-order valence-electron chi connectivity index (χ1n) is 15.9. The third-order valence-electron chi connectivity index (χ3n) is 8.92. The lowest BCUT2D eigenvalue weighted by Gasteiger charge is -2.31. The molecule has 1 N–H and O–H groups in total. The number of carbonyl (C=O) groups is 1. The van der Waals surface area contributed by atoms with Crippen LogP contribution in [0.15, 0.2) is 96.2 Å². The first kappa shape index (κ1) is 33.5. The molecule has 2 aliphatic carbocycles. The van der Waals surface area contributed by atoms with Gasteiger partial charge in [-0.3, -0.25) is 9.36 Å². The molecule has 11 heteroatoms. The summed E-state index contributed by atoms with van der Waals surface area (Å²) in [5.41, 5.74) is 4.02. The summed E-state index contributed by atoms with van der Waals surface area (Å²) < 4.78 is 52.7. The van der Waals surface area contributed by atoms with Gasteiger partial charge in [-0.15, -0.1) is 10.2 Å². The average molecular weight is 675 g/mol.